The molecule has 3 heterocycles. The van der Waals surface area contributed by atoms with Gasteiger partial charge in [0.2, 0.25) is 0 Å². The first-order valence-electron chi connectivity index (χ1n) is 13.9. The van der Waals surface area contributed by atoms with Crippen LogP contribution in [0.2, 0.25) is 0 Å². The molecule has 6 heteroatoms. The zero-order valence-corrected chi connectivity index (χ0v) is 24.5. The number of hydrogen-bond acceptors (Lipinski definition) is 5. The van der Waals surface area contributed by atoms with Crippen LogP contribution in [0.4, 0.5) is 5.69 Å². The van der Waals surface area contributed by atoms with Gasteiger partial charge in [-0.05, 0) is 46.9 Å². The Morgan fingerprint density at radius 1 is 0.805 bits per heavy atom. The van der Waals surface area contributed by atoms with Crippen LogP contribution in [0.1, 0.15) is 31.9 Å². The summed E-state index contributed by atoms with van der Waals surface area (Å²) in [5.41, 5.74) is 6.90. The van der Waals surface area contributed by atoms with Gasteiger partial charge in [-0.1, -0.05) is 69.3 Å². The highest BCUT2D eigenvalue weighted by atomic mass is 32.1. The second-order valence-electron chi connectivity index (χ2n) is 11.6. The predicted octanol–water partition coefficient (Wildman–Crippen LogP) is 9.04. The number of fused-ring (bicyclic) bond motifs is 3. The van der Waals surface area contributed by atoms with Gasteiger partial charge in [0.15, 0.2) is 5.13 Å². The van der Waals surface area contributed by atoms with Crippen molar-refractivity contribution in [1.29, 1.82) is 0 Å². The zero-order valence-electron chi connectivity index (χ0n) is 23.7. The monoisotopic (exact) mass is 556 g/mol. The fraction of sp³-hybridized carbons (Fsp3) is 0.171. The molecule has 0 unspecified atom stereocenters. The van der Waals surface area contributed by atoms with Gasteiger partial charge in [0.05, 0.1) is 23.4 Å². The average molecular weight is 557 g/mol. The number of aromatic nitrogens is 2. The van der Waals surface area contributed by atoms with Crippen molar-refractivity contribution in [3.8, 4) is 16.6 Å². The molecule has 0 amide bonds. The van der Waals surface area contributed by atoms with Gasteiger partial charge in [-0.15, -0.1) is 11.3 Å². The second kappa shape index (κ2) is 9.82. The van der Waals surface area contributed by atoms with Crippen LogP contribution in [0.15, 0.2) is 109 Å². The third-order valence-corrected chi connectivity index (χ3v) is 8.38. The zero-order chi connectivity index (χ0) is 28.1. The first-order chi connectivity index (χ1) is 19.8. The topological polar surface area (TPSA) is 33.5 Å². The Morgan fingerprint density at radius 3 is 2.37 bits per heavy atom. The van der Waals surface area contributed by atoms with E-state index in [9.17, 15) is 0 Å². The van der Waals surface area contributed by atoms with Gasteiger partial charge in [-0.2, -0.15) is 0 Å². The SMILES string of the molecule is CN1C=C(c2ccccc2)N(c2cc(Oc3ccc4c5ccccc5n(-c5nccs5)c4c3)cc(C(C)(C)C)c2)C1. The number of ether oxygens (including phenoxy) is 1. The molecule has 0 saturated carbocycles. The third-order valence-electron chi connectivity index (χ3n) is 7.63. The molecule has 0 fully saturated rings. The van der Waals surface area contributed by atoms with Gasteiger partial charge in [0.1, 0.15) is 11.5 Å². The molecule has 4 aromatic carbocycles. The first kappa shape index (κ1) is 25.4. The van der Waals surface area contributed by atoms with Gasteiger partial charge in [-0.25, -0.2) is 4.98 Å². The Balaban J connectivity index is 1.32. The van der Waals surface area contributed by atoms with Crippen LogP contribution in [0.3, 0.4) is 0 Å². The first-order valence-corrected chi connectivity index (χ1v) is 14.7. The van der Waals surface area contributed by atoms with Gasteiger partial charge < -0.3 is 14.5 Å². The van der Waals surface area contributed by atoms with E-state index in [1.54, 1.807) is 11.3 Å². The van der Waals surface area contributed by atoms with Crippen LogP contribution in [0.5, 0.6) is 11.5 Å². The van der Waals surface area contributed by atoms with Crippen LogP contribution >= 0.6 is 11.3 Å². The number of para-hydroxylation sites is 1. The van der Waals surface area contributed by atoms with Crippen LogP contribution in [-0.4, -0.2) is 28.2 Å². The van der Waals surface area contributed by atoms with Crippen molar-refractivity contribution in [3.05, 3.63) is 120 Å². The van der Waals surface area contributed by atoms with Crippen molar-refractivity contribution >= 4 is 44.5 Å². The van der Waals surface area contributed by atoms with E-state index >= 15 is 0 Å². The number of hydrogen-bond donors (Lipinski definition) is 0. The summed E-state index contributed by atoms with van der Waals surface area (Å²) in [4.78, 5) is 9.21. The Kier molecular flexibility index (Phi) is 6.09. The van der Waals surface area contributed by atoms with Crippen LogP contribution in [0.25, 0.3) is 32.6 Å². The molecule has 0 aliphatic carbocycles. The molecule has 0 saturated heterocycles. The molecule has 0 N–H and O–H groups in total. The minimum atomic E-state index is -0.0441. The number of thiazole rings is 1. The molecule has 6 aromatic rings. The lowest BCUT2D eigenvalue weighted by atomic mass is 9.86. The van der Waals surface area contributed by atoms with E-state index in [0.29, 0.717) is 0 Å². The summed E-state index contributed by atoms with van der Waals surface area (Å²) >= 11 is 1.64. The van der Waals surface area contributed by atoms with Gasteiger partial charge in [0.25, 0.3) is 0 Å². The average Bonchev–Trinajstić information content (AvgIpc) is 3.70. The Bertz CT molecular complexity index is 1900. The molecule has 2 aromatic heterocycles. The summed E-state index contributed by atoms with van der Waals surface area (Å²) in [6.45, 7) is 7.52. The van der Waals surface area contributed by atoms with E-state index in [2.05, 4.69) is 144 Å². The summed E-state index contributed by atoms with van der Waals surface area (Å²) in [5, 5.41) is 5.36. The lowest BCUT2D eigenvalue weighted by Crippen LogP contribution is -2.24. The summed E-state index contributed by atoms with van der Waals surface area (Å²) in [6.07, 6.45) is 4.07. The quantitative estimate of drug-likeness (QED) is 0.212. The summed E-state index contributed by atoms with van der Waals surface area (Å²) in [5.74, 6) is 1.62. The highest BCUT2D eigenvalue weighted by Gasteiger charge is 2.25. The van der Waals surface area contributed by atoms with E-state index in [1.807, 2.05) is 11.6 Å². The summed E-state index contributed by atoms with van der Waals surface area (Å²) in [6, 6.07) is 32.1. The molecule has 204 valence electrons. The number of nitrogens with zero attached hydrogens (tertiary/aromatic N) is 4. The minimum absolute atomic E-state index is 0.0441. The van der Waals surface area contributed by atoms with E-state index in [0.717, 1.165) is 40.0 Å². The van der Waals surface area contributed by atoms with Crippen LogP contribution in [0, 0.1) is 0 Å². The van der Waals surface area contributed by atoms with Gasteiger partial charge in [-0.3, -0.25) is 4.57 Å². The van der Waals surface area contributed by atoms with Crippen molar-refractivity contribution in [3.63, 3.8) is 0 Å². The maximum atomic E-state index is 6.67. The molecule has 1 aliphatic heterocycles. The van der Waals surface area contributed by atoms with Crippen molar-refractivity contribution in [1.82, 2.24) is 14.5 Å². The fourth-order valence-electron chi connectivity index (χ4n) is 5.59. The second-order valence-corrected chi connectivity index (χ2v) is 12.5. The van der Waals surface area contributed by atoms with Gasteiger partial charge >= 0.3 is 0 Å². The largest absolute Gasteiger partial charge is 0.457 e. The highest BCUT2D eigenvalue weighted by molar-refractivity contribution is 7.12. The van der Waals surface area contributed by atoms with Crippen LogP contribution in [-0.2, 0) is 5.41 Å². The molecule has 41 heavy (non-hydrogen) atoms. The van der Waals surface area contributed by atoms with E-state index in [4.69, 9.17) is 4.74 Å². The number of anilines is 1. The van der Waals surface area contributed by atoms with E-state index in [-0.39, 0.29) is 5.41 Å². The lowest BCUT2D eigenvalue weighted by molar-refractivity contribution is 0.477. The molecule has 0 bridgehead atoms. The van der Waals surface area contributed by atoms with Crippen molar-refractivity contribution < 1.29 is 4.74 Å². The summed E-state index contributed by atoms with van der Waals surface area (Å²) in [7, 11) is 2.12. The van der Waals surface area contributed by atoms with E-state index in [1.165, 1.54) is 27.6 Å². The molecule has 1 aliphatic rings. The molecule has 0 spiro atoms. The molecule has 7 rings (SSSR count). The van der Waals surface area contributed by atoms with Crippen molar-refractivity contribution in [2.45, 2.75) is 26.2 Å². The number of benzene rings is 4. The predicted molar refractivity (Wildman–Crippen MR) is 171 cm³/mol. The standard InChI is InChI=1S/C35H32N4OS/c1-35(2,3)25-18-26(38-23-37(4)22-33(38)24-10-6-5-7-11-24)20-28(19-25)40-27-14-15-30-29-12-8-9-13-31(29)39(32(30)21-27)34-36-16-17-41-34/h5-22H,23H2,1-4H3. The van der Waals surface area contributed by atoms with Crippen molar-refractivity contribution in [2.24, 2.45) is 0 Å². The van der Waals surface area contributed by atoms with Crippen molar-refractivity contribution in [2.75, 3.05) is 18.6 Å². The number of rotatable bonds is 5. The Hall–Kier alpha value is -4.55. The lowest BCUT2D eigenvalue weighted by Gasteiger charge is -2.27. The van der Waals surface area contributed by atoms with Gasteiger partial charge in [0, 0.05) is 53.4 Å². The fourth-order valence-corrected chi connectivity index (χ4v) is 6.26. The Labute approximate surface area is 244 Å². The maximum absolute atomic E-state index is 6.67. The highest BCUT2D eigenvalue weighted by Crippen LogP contribution is 2.40. The molecule has 0 radical (unpaired) electrons. The maximum Gasteiger partial charge on any atom is 0.194 e. The van der Waals surface area contributed by atoms with Crippen LogP contribution < -0.4 is 9.64 Å². The third kappa shape index (κ3) is 4.64. The normalized spacial score (nSPS) is 13.8. The summed E-state index contributed by atoms with van der Waals surface area (Å²) < 4.78 is 8.90. The minimum Gasteiger partial charge on any atom is -0.457 e. The molecular weight excluding hydrogens is 524 g/mol. The molecule has 5 nitrogen and oxygen atoms in total. The smallest absolute Gasteiger partial charge is 0.194 e. The molecule has 0 atom stereocenters. The Morgan fingerprint density at radius 2 is 1.59 bits per heavy atom. The van der Waals surface area contributed by atoms with E-state index < -0.39 is 0 Å². The molecular formula is C35H32N4OS.